The summed E-state index contributed by atoms with van der Waals surface area (Å²) < 4.78 is 11.9. The van der Waals surface area contributed by atoms with Crippen LogP contribution in [-0.2, 0) is 11.3 Å². The summed E-state index contributed by atoms with van der Waals surface area (Å²) >= 11 is 0. The van der Waals surface area contributed by atoms with Crippen LogP contribution in [0, 0.1) is 13.8 Å². The van der Waals surface area contributed by atoms with E-state index >= 15 is 0 Å². The number of aryl methyl sites for hydroxylation is 2. The number of nitrogens with zero attached hydrogens (tertiary/aromatic N) is 3. The van der Waals surface area contributed by atoms with Crippen LogP contribution in [0.3, 0.4) is 0 Å². The quantitative estimate of drug-likeness (QED) is 0.499. The van der Waals surface area contributed by atoms with E-state index in [1.54, 1.807) is 24.3 Å². The molecule has 0 unspecified atom stereocenters. The van der Waals surface area contributed by atoms with E-state index in [2.05, 4.69) is 15.5 Å². The summed E-state index contributed by atoms with van der Waals surface area (Å²) in [4.78, 5) is 29.9. The van der Waals surface area contributed by atoms with Gasteiger partial charge in [0.05, 0.1) is 12.8 Å². The van der Waals surface area contributed by atoms with E-state index in [-0.39, 0.29) is 23.9 Å². The van der Waals surface area contributed by atoms with E-state index in [1.807, 2.05) is 44.2 Å². The summed E-state index contributed by atoms with van der Waals surface area (Å²) in [6, 6.07) is 16.4. The van der Waals surface area contributed by atoms with Crippen LogP contribution in [0.2, 0.25) is 0 Å². The Labute approximate surface area is 184 Å². The van der Waals surface area contributed by atoms with Crippen molar-refractivity contribution in [2.75, 3.05) is 12.4 Å². The molecule has 1 N–H and O–H groups in total. The lowest BCUT2D eigenvalue weighted by Crippen LogP contribution is -2.28. The maximum Gasteiger partial charge on any atom is 0.263 e. The van der Waals surface area contributed by atoms with E-state index in [1.165, 1.54) is 17.9 Å². The van der Waals surface area contributed by atoms with Crippen molar-refractivity contribution < 1.29 is 14.1 Å². The Morgan fingerprint density at radius 2 is 1.84 bits per heavy atom. The van der Waals surface area contributed by atoms with Gasteiger partial charge in [-0.15, -0.1) is 0 Å². The Bertz CT molecular complexity index is 1320. The van der Waals surface area contributed by atoms with Crippen molar-refractivity contribution >= 4 is 11.6 Å². The summed E-state index contributed by atoms with van der Waals surface area (Å²) in [6.45, 7) is 3.73. The highest BCUT2D eigenvalue weighted by molar-refractivity contribution is 5.92. The van der Waals surface area contributed by atoms with Crippen LogP contribution >= 0.6 is 0 Å². The molecule has 0 saturated carbocycles. The highest BCUT2D eigenvalue weighted by Gasteiger charge is 2.16. The molecule has 162 valence electrons. The lowest BCUT2D eigenvalue weighted by molar-refractivity contribution is -0.116. The third-order valence-corrected chi connectivity index (χ3v) is 4.93. The van der Waals surface area contributed by atoms with Crippen LogP contribution in [0.15, 0.2) is 70.1 Å². The van der Waals surface area contributed by atoms with Gasteiger partial charge in [0.25, 0.3) is 11.4 Å². The van der Waals surface area contributed by atoms with Crippen molar-refractivity contribution in [2.24, 2.45) is 0 Å². The van der Waals surface area contributed by atoms with Crippen LogP contribution in [0.25, 0.3) is 22.8 Å². The molecular formula is C24H22N4O4. The molecule has 0 saturated heterocycles. The number of anilines is 1. The number of aromatic nitrogens is 3. The third-order valence-electron chi connectivity index (χ3n) is 4.93. The molecule has 8 nitrogen and oxygen atoms in total. The Kier molecular flexibility index (Phi) is 5.85. The zero-order valence-corrected chi connectivity index (χ0v) is 18.0. The van der Waals surface area contributed by atoms with Crippen LogP contribution in [0.1, 0.15) is 11.1 Å². The third kappa shape index (κ3) is 4.44. The lowest BCUT2D eigenvalue weighted by atomic mass is 10.1. The zero-order chi connectivity index (χ0) is 22.7. The van der Waals surface area contributed by atoms with Gasteiger partial charge in [-0.25, -0.2) is 0 Å². The first kappa shape index (κ1) is 21.0. The zero-order valence-electron chi connectivity index (χ0n) is 18.0. The van der Waals surface area contributed by atoms with Gasteiger partial charge < -0.3 is 19.1 Å². The summed E-state index contributed by atoms with van der Waals surface area (Å²) in [6.07, 6.45) is 1.54. The molecule has 2 heterocycles. The van der Waals surface area contributed by atoms with Crippen molar-refractivity contribution in [2.45, 2.75) is 20.4 Å². The maximum atomic E-state index is 13.0. The average Bonchev–Trinajstić information content (AvgIpc) is 3.26. The molecule has 4 rings (SSSR count). The summed E-state index contributed by atoms with van der Waals surface area (Å²) in [5.74, 6) is 0.665. The molecule has 0 aliphatic carbocycles. The van der Waals surface area contributed by atoms with Crippen molar-refractivity contribution in [3.05, 3.63) is 82.3 Å². The van der Waals surface area contributed by atoms with E-state index in [9.17, 15) is 9.59 Å². The topological polar surface area (TPSA) is 99.2 Å². The number of carbonyl (C=O) groups is 1. The molecule has 2 aromatic carbocycles. The summed E-state index contributed by atoms with van der Waals surface area (Å²) in [7, 11) is 1.53. The smallest absolute Gasteiger partial charge is 0.263 e. The number of pyridine rings is 1. The molecule has 0 aliphatic rings. The second-order valence-electron chi connectivity index (χ2n) is 7.40. The maximum absolute atomic E-state index is 13.0. The predicted octanol–water partition coefficient (Wildman–Crippen LogP) is 3.83. The van der Waals surface area contributed by atoms with Gasteiger partial charge in [-0.2, -0.15) is 4.98 Å². The fraction of sp³-hybridized carbons (Fsp3) is 0.167. The number of hydrogen-bond acceptors (Lipinski definition) is 6. The minimum atomic E-state index is -0.405. The second kappa shape index (κ2) is 8.89. The fourth-order valence-electron chi connectivity index (χ4n) is 3.24. The Morgan fingerprint density at radius 1 is 1.09 bits per heavy atom. The van der Waals surface area contributed by atoms with Crippen LogP contribution in [0.5, 0.6) is 5.75 Å². The highest BCUT2D eigenvalue weighted by Crippen LogP contribution is 2.25. The van der Waals surface area contributed by atoms with Crippen LogP contribution in [-0.4, -0.2) is 27.7 Å². The minimum Gasteiger partial charge on any atom is -0.495 e. The average molecular weight is 430 g/mol. The largest absolute Gasteiger partial charge is 0.495 e. The van der Waals surface area contributed by atoms with Gasteiger partial charge in [-0.1, -0.05) is 41.1 Å². The predicted molar refractivity (Wildman–Crippen MR) is 121 cm³/mol. The molecule has 0 spiro atoms. The van der Waals surface area contributed by atoms with Crippen molar-refractivity contribution in [3.63, 3.8) is 0 Å². The first-order chi connectivity index (χ1) is 15.4. The number of hydrogen-bond donors (Lipinski definition) is 1. The number of methoxy groups -OCH3 is 1. The Morgan fingerprint density at radius 3 is 2.59 bits per heavy atom. The van der Waals surface area contributed by atoms with Gasteiger partial charge in [-0.3, -0.25) is 9.59 Å². The van der Waals surface area contributed by atoms with E-state index in [4.69, 9.17) is 9.26 Å². The molecule has 0 atom stereocenters. The van der Waals surface area contributed by atoms with Crippen molar-refractivity contribution in [1.82, 2.24) is 14.7 Å². The SMILES string of the molecule is COc1ccc(C)cc1NC(=O)Cn1cccc(-c2nc(-c3ccc(C)cc3)no2)c1=O. The van der Waals surface area contributed by atoms with Gasteiger partial charge >= 0.3 is 0 Å². The number of amides is 1. The molecule has 1 amide bonds. The fourth-order valence-corrected chi connectivity index (χ4v) is 3.24. The number of ether oxygens (including phenoxy) is 1. The highest BCUT2D eigenvalue weighted by atomic mass is 16.5. The van der Waals surface area contributed by atoms with E-state index in [0.29, 0.717) is 17.3 Å². The second-order valence-corrected chi connectivity index (χ2v) is 7.40. The minimum absolute atomic E-state index is 0.0979. The molecule has 0 bridgehead atoms. The van der Waals surface area contributed by atoms with E-state index < -0.39 is 5.56 Å². The first-order valence-corrected chi connectivity index (χ1v) is 9.99. The molecular weight excluding hydrogens is 408 g/mol. The number of benzene rings is 2. The standard InChI is InChI=1S/C24H22N4O4/c1-15-6-9-17(10-7-15)22-26-23(32-27-22)18-5-4-12-28(24(18)30)14-21(29)25-19-13-16(2)8-11-20(19)31-3/h4-13H,14H2,1-3H3,(H,25,29). The van der Waals surface area contributed by atoms with Crippen molar-refractivity contribution in [1.29, 1.82) is 0 Å². The Hall–Kier alpha value is -4.20. The van der Waals surface area contributed by atoms with Gasteiger partial charge in [0, 0.05) is 11.8 Å². The number of nitrogens with one attached hydrogen (secondary N) is 1. The molecule has 32 heavy (non-hydrogen) atoms. The summed E-state index contributed by atoms with van der Waals surface area (Å²) in [5.41, 5.74) is 3.23. The van der Waals surface area contributed by atoms with Crippen LogP contribution < -0.4 is 15.6 Å². The van der Waals surface area contributed by atoms with Gasteiger partial charge in [0.2, 0.25) is 11.7 Å². The lowest BCUT2D eigenvalue weighted by Gasteiger charge is -2.12. The first-order valence-electron chi connectivity index (χ1n) is 9.99. The van der Waals surface area contributed by atoms with Gasteiger partial charge in [-0.05, 0) is 43.7 Å². The number of rotatable bonds is 6. The number of carbonyl (C=O) groups excluding carboxylic acids is 1. The van der Waals surface area contributed by atoms with Crippen molar-refractivity contribution in [3.8, 4) is 28.6 Å². The monoisotopic (exact) mass is 430 g/mol. The molecule has 0 aliphatic heterocycles. The molecule has 2 aromatic heterocycles. The molecule has 0 fully saturated rings. The van der Waals surface area contributed by atoms with Gasteiger partial charge in [0.15, 0.2) is 0 Å². The van der Waals surface area contributed by atoms with Gasteiger partial charge in [0.1, 0.15) is 17.9 Å². The molecule has 4 aromatic rings. The summed E-state index contributed by atoms with van der Waals surface area (Å²) in [5, 5.41) is 6.77. The van der Waals surface area contributed by atoms with E-state index in [0.717, 1.165) is 16.7 Å². The van der Waals surface area contributed by atoms with Crippen LogP contribution in [0.4, 0.5) is 5.69 Å². The Balaban J connectivity index is 1.56. The normalized spacial score (nSPS) is 10.7. The molecule has 0 radical (unpaired) electrons. The molecule has 8 heteroatoms.